The topological polar surface area (TPSA) is 72.1 Å². The van der Waals surface area contributed by atoms with E-state index in [2.05, 4.69) is 53.5 Å². The third-order valence-corrected chi connectivity index (χ3v) is 4.33. The Bertz CT molecular complexity index is 717. The second-order valence-corrected chi connectivity index (χ2v) is 6.56. The van der Waals surface area contributed by atoms with Crippen molar-refractivity contribution in [1.82, 2.24) is 30.2 Å². The molecular weight excluding hydrogens is 441 g/mol. The van der Waals surface area contributed by atoms with Crippen LogP contribution in [0, 0.1) is 13.8 Å². The van der Waals surface area contributed by atoms with Gasteiger partial charge in [0, 0.05) is 45.1 Å². The molecule has 0 aromatic carbocycles. The fourth-order valence-electron chi connectivity index (χ4n) is 2.92. The zero-order valence-corrected chi connectivity index (χ0v) is 19.0. The Labute approximate surface area is 173 Å². The third-order valence-electron chi connectivity index (χ3n) is 4.33. The van der Waals surface area contributed by atoms with Gasteiger partial charge in [-0.3, -0.25) is 14.4 Å². The summed E-state index contributed by atoms with van der Waals surface area (Å²) in [5.41, 5.74) is 4.85. The first-order chi connectivity index (χ1) is 11.9. The van der Waals surface area contributed by atoms with Gasteiger partial charge in [0.2, 0.25) is 0 Å². The van der Waals surface area contributed by atoms with Gasteiger partial charge in [0.1, 0.15) is 0 Å². The Kier molecular flexibility index (Phi) is 9.11. The Balaban J connectivity index is 0.00000338. The molecule has 2 aromatic rings. The largest absolute Gasteiger partial charge is 0.357 e. The van der Waals surface area contributed by atoms with Crippen LogP contribution in [0.1, 0.15) is 36.4 Å². The lowest BCUT2D eigenvalue weighted by atomic mass is 10.1. The molecule has 0 aliphatic rings. The SMILES string of the molecule is CCNC(=NCCc1cnn(C)c1)NC(C)Cc1c(C)nn(C)c1C.I. The summed E-state index contributed by atoms with van der Waals surface area (Å²) in [5, 5.41) is 15.5. The van der Waals surface area contributed by atoms with Gasteiger partial charge in [-0.05, 0) is 51.7 Å². The highest BCUT2D eigenvalue weighted by Crippen LogP contribution is 2.14. The summed E-state index contributed by atoms with van der Waals surface area (Å²) in [7, 11) is 3.93. The molecule has 26 heavy (non-hydrogen) atoms. The summed E-state index contributed by atoms with van der Waals surface area (Å²) < 4.78 is 3.77. The molecule has 0 saturated heterocycles. The van der Waals surface area contributed by atoms with E-state index in [0.717, 1.165) is 37.6 Å². The molecule has 0 radical (unpaired) electrons. The standard InChI is InChI=1S/C18H31N7.HI/c1-7-19-18(20-9-8-16-11-21-24(5)12-16)22-13(2)10-17-14(3)23-25(6)15(17)4;/h11-13H,7-10H2,1-6H3,(H2,19,20,22);1H. The molecule has 0 amide bonds. The second kappa shape index (κ2) is 10.5. The fourth-order valence-corrected chi connectivity index (χ4v) is 2.92. The molecule has 1 atom stereocenters. The number of rotatable bonds is 7. The minimum Gasteiger partial charge on any atom is -0.357 e. The maximum atomic E-state index is 4.69. The highest BCUT2D eigenvalue weighted by atomic mass is 127. The van der Waals surface area contributed by atoms with Crippen LogP contribution in [-0.2, 0) is 26.9 Å². The summed E-state index contributed by atoms with van der Waals surface area (Å²) in [4.78, 5) is 4.69. The number of nitrogens with zero attached hydrogens (tertiary/aromatic N) is 5. The summed E-state index contributed by atoms with van der Waals surface area (Å²) in [6.07, 6.45) is 5.75. The summed E-state index contributed by atoms with van der Waals surface area (Å²) in [5.74, 6) is 0.859. The van der Waals surface area contributed by atoms with Gasteiger partial charge >= 0.3 is 0 Å². The van der Waals surface area contributed by atoms with E-state index in [-0.39, 0.29) is 30.0 Å². The highest BCUT2D eigenvalue weighted by molar-refractivity contribution is 14.0. The van der Waals surface area contributed by atoms with Gasteiger partial charge in [0.05, 0.1) is 11.9 Å². The first-order valence-corrected chi connectivity index (χ1v) is 8.92. The second-order valence-electron chi connectivity index (χ2n) is 6.56. The Hall–Kier alpha value is -1.58. The molecule has 0 saturated carbocycles. The molecule has 0 spiro atoms. The molecule has 2 rings (SSSR count). The van der Waals surface area contributed by atoms with Crippen molar-refractivity contribution in [3.63, 3.8) is 0 Å². The van der Waals surface area contributed by atoms with Crippen molar-refractivity contribution in [2.75, 3.05) is 13.1 Å². The number of halogens is 1. The van der Waals surface area contributed by atoms with Crippen LogP contribution in [0.15, 0.2) is 17.4 Å². The maximum absolute atomic E-state index is 4.69. The number of hydrogen-bond acceptors (Lipinski definition) is 3. The summed E-state index contributed by atoms with van der Waals surface area (Å²) >= 11 is 0. The van der Waals surface area contributed by atoms with Crippen molar-refractivity contribution < 1.29 is 0 Å². The van der Waals surface area contributed by atoms with Crippen molar-refractivity contribution in [3.05, 3.63) is 34.9 Å². The molecule has 7 nitrogen and oxygen atoms in total. The maximum Gasteiger partial charge on any atom is 0.191 e. The molecule has 0 aliphatic carbocycles. The summed E-state index contributed by atoms with van der Waals surface area (Å²) in [6.45, 7) is 10.0. The van der Waals surface area contributed by atoms with Gasteiger partial charge in [-0.1, -0.05) is 0 Å². The van der Waals surface area contributed by atoms with Crippen LogP contribution in [0.5, 0.6) is 0 Å². The van der Waals surface area contributed by atoms with Gasteiger partial charge < -0.3 is 10.6 Å². The molecule has 0 aliphatic heterocycles. The van der Waals surface area contributed by atoms with E-state index in [4.69, 9.17) is 0 Å². The quantitative estimate of drug-likeness (QED) is 0.367. The molecular formula is C18H32IN7. The van der Waals surface area contributed by atoms with Crippen molar-refractivity contribution in [2.45, 2.75) is 46.6 Å². The lowest BCUT2D eigenvalue weighted by Gasteiger charge is -2.18. The molecule has 146 valence electrons. The monoisotopic (exact) mass is 473 g/mol. The minimum atomic E-state index is 0. The lowest BCUT2D eigenvalue weighted by molar-refractivity contribution is 0.635. The van der Waals surface area contributed by atoms with E-state index in [9.17, 15) is 0 Å². The molecule has 2 aromatic heterocycles. The van der Waals surface area contributed by atoms with Gasteiger partial charge in [0.25, 0.3) is 0 Å². The molecule has 0 bridgehead atoms. The third kappa shape index (κ3) is 6.30. The van der Waals surface area contributed by atoms with E-state index in [1.807, 2.05) is 35.9 Å². The average molecular weight is 473 g/mol. The first-order valence-electron chi connectivity index (χ1n) is 8.92. The normalized spacial score (nSPS) is 12.6. The van der Waals surface area contributed by atoms with Gasteiger partial charge in [0.15, 0.2) is 5.96 Å². The number of aromatic nitrogens is 4. The average Bonchev–Trinajstić information content (AvgIpc) is 3.06. The van der Waals surface area contributed by atoms with Gasteiger partial charge in [-0.2, -0.15) is 10.2 Å². The Morgan fingerprint density at radius 1 is 1.31 bits per heavy atom. The van der Waals surface area contributed by atoms with Crippen LogP contribution in [-0.4, -0.2) is 44.7 Å². The number of guanidine groups is 1. The first kappa shape index (κ1) is 22.5. The number of aliphatic imine (C=N–C) groups is 1. The predicted molar refractivity (Wildman–Crippen MR) is 117 cm³/mol. The minimum absolute atomic E-state index is 0. The molecule has 0 fully saturated rings. The Morgan fingerprint density at radius 2 is 2.04 bits per heavy atom. The Morgan fingerprint density at radius 3 is 2.58 bits per heavy atom. The van der Waals surface area contributed by atoms with E-state index in [1.54, 1.807) is 0 Å². The van der Waals surface area contributed by atoms with E-state index in [0.29, 0.717) is 0 Å². The zero-order valence-electron chi connectivity index (χ0n) is 16.7. The zero-order chi connectivity index (χ0) is 18.4. The predicted octanol–water partition coefficient (Wildman–Crippen LogP) is 2.12. The van der Waals surface area contributed by atoms with Gasteiger partial charge in [-0.15, -0.1) is 24.0 Å². The van der Waals surface area contributed by atoms with Crippen LogP contribution >= 0.6 is 24.0 Å². The van der Waals surface area contributed by atoms with E-state index < -0.39 is 0 Å². The number of hydrogen-bond donors (Lipinski definition) is 2. The number of nitrogens with one attached hydrogen (secondary N) is 2. The lowest BCUT2D eigenvalue weighted by Crippen LogP contribution is -2.43. The highest BCUT2D eigenvalue weighted by Gasteiger charge is 2.13. The van der Waals surface area contributed by atoms with Crippen LogP contribution in [0.25, 0.3) is 0 Å². The number of aryl methyl sites for hydroxylation is 3. The van der Waals surface area contributed by atoms with Crippen molar-refractivity contribution in [2.24, 2.45) is 19.1 Å². The van der Waals surface area contributed by atoms with Gasteiger partial charge in [-0.25, -0.2) is 0 Å². The molecule has 1 unspecified atom stereocenters. The van der Waals surface area contributed by atoms with Crippen molar-refractivity contribution in [1.29, 1.82) is 0 Å². The van der Waals surface area contributed by atoms with Crippen LogP contribution in [0.3, 0.4) is 0 Å². The van der Waals surface area contributed by atoms with Crippen molar-refractivity contribution in [3.8, 4) is 0 Å². The summed E-state index contributed by atoms with van der Waals surface area (Å²) in [6, 6.07) is 0.276. The van der Waals surface area contributed by atoms with Crippen LogP contribution in [0.2, 0.25) is 0 Å². The van der Waals surface area contributed by atoms with E-state index in [1.165, 1.54) is 16.8 Å². The fraction of sp³-hybridized carbons (Fsp3) is 0.611. The molecule has 2 heterocycles. The van der Waals surface area contributed by atoms with Crippen LogP contribution in [0.4, 0.5) is 0 Å². The smallest absolute Gasteiger partial charge is 0.191 e. The molecule has 2 N–H and O–H groups in total. The van der Waals surface area contributed by atoms with Crippen LogP contribution < -0.4 is 10.6 Å². The van der Waals surface area contributed by atoms with E-state index >= 15 is 0 Å². The molecule has 8 heteroatoms. The van der Waals surface area contributed by atoms with Crippen molar-refractivity contribution >= 4 is 29.9 Å².